The molecule has 4 aromatic rings. The van der Waals surface area contributed by atoms with Crippen molar-refractivity contribution in [2.45, 2.75) is 55.4 Å². The van der Waals surface area contributed by atoms with Gasteiger partial charge in [0.25, 0.3) is 0 Å². The zero-order chi connectivity index (χ0) is 61.7. The van der Waals surface area contributed by atoms with E-state index in [2.05, 4.69) is 72.6 Å². The Hall–Kier alpha value is -8.44. The Labute approximate surface area is 508 Å². The van der Waals surface area contributed by atoms with Crippen LogP contribution in [0, 0.1) is 0 Å². The molecule has 4 radical (unpaired) electrons. The third-order valence-corrected chi connectivity index (χ3v) is 5.54. The minimum absolute atomic E-state index is 0. The van der Waals surface area contributed by atoms with Gasteiger partial charge in [-0.1, -0.05) is 76.9 Å². The minimum atomic E-state index is -1.19. The van der Waals surface area contributed by atoms with Crippen LogP contribution in [-0.2, 0) is 107 Å². The molecular weight excluding hydrogens is 1250 g/mol. The number of nitrogens with two attached hydrogens (primary N) is 4. The maximum atomic E-state index is 9.49. The number of hydrogen-bond acceptors (Lipinski definition) is 24. The Morgan fingerprint density at radius 3 is 0.388 bits per heavy atom. The van der Waals surface area contributed by atoms with Gasteiger partial charge >= 0.3 is 68.3 Å². The molecule has 4 heterocycles. The molecule has 0 saturated carbocycles. The monoisotopic (exact) mass is 1310 g/mol. The number of pyridine rings is 4. The number of aromatic nitrogens is 4. The molecule has 0 bridgehead atoms. The van der Waals surface area contributed by atoms with E-state index < -0.39 is 47.8 Å². The SMILES string of the molecule is C=C(C)C(=O)[O-].C=C(C)C(=O)[O-].C=C(C)C(=O)[O-].C=C(C)C(=O)[O-].C=C(C)C(=O)[O-].C=C(C)C(=O)[O-].C=C(C)C(=O)[O-].C=C(C)C(=O)[O-].Nc1ccccn1.Nc1ccccn1.Nc1ccccn1.Nc1ccccn1.[Cu+2].[Cu+2].[Cu+2].[Cu+2]. The van der Waals surface area contributed by atoms with Crippen molar-refractivity contribution in [2.75, 3.05) is 22.9 Å². The first-order valence-corrected chi connectivity index (χ1v) is 20.3. The van der Waals surface area contributed by atoms with Gasteiger partial charge in [-0.2, -0.15) is 0 Å². The molecule has 28 heteroatoms. The number of carbonyl (C=O) groups is 8. The molecule has 4 rings (SSSR count). The van der Waals surface area contributed by atoms with E-state index in [1.165, 1.54) is 55.4 Å². The molecule has 0 fully saturated rings. The van der Waals surface area contributed by atoms with Crippen LogP contribution < -0.4 is 63.8 Å². The molecule has 0 aliphatic rings. The van der Waals surface area contributed by atoms with Crippen LogP contribution in [0.2, 0.25) is 0 Å². The molecule has 0 amide bonds. The predicted octanol–water partition coefficient (Wildman–Crippen LogP) is -2.86. The standard InChI is InChI=1S/4C5H6N2.8C4H6O2.4Cu/c4*6-5-3-1-2-4-7-5;8*1-3(2)4(5)6;;;;/h4*1-4H,(H2,6,7);8*1H2,2H3,(H,5,6);;;;/q;;;;;;;;;;;;4*+2/p-8. The van der Waals surface area contributed by atoms with Gasteiger partial charge in [-0.15, -0.1) is 0 Å². The van der Waals surface area contributed by atoms with Crippen LogP contribution in [0.3, 0.4) is 0 Å². The van der Waals surface area contributed by atoms with E-state index in [4.69, 9.17) is 22.9 Å². The third kappa shape index (κ3) is 106. The van der Waals surface area contributed by atoms with E-state index >= 15 is 0 Å². The summed E-state index contributed by atoms with van der Waals surface area (Å²) in [5.41, 5.74) is 21.5. The van der Waals surface area contributed by atoms with Gasteiger partial charge < -0.3 is 102 Å². The second-order valence-corrected chi connectivity index (χ2v) is 13.6. The number of carboxylic acids is 8. The van der Waals surface area contributed by atoms with Crippen molar-refractivity contribution in [1.82, 2.24) is 19.9 Å². The molecule has 80 heavy (non-hydrogen) atoms. The van der Waals surface area contributed by atoms with Crippen molar-refractivity contribution in [3.8, 4) is 0 Å². The largest absolute Gasteiger partial charge is 2.00 e. The van der Waals surface area contributed by atoms with Crippen molar-refractivity contribution in [1.29, 1.82) is 0 Å². The van der Waals surface area contributed by atoms with Crippen molar-refractivity contribution in [3.05, 3.63) is 195 Å². The maximum absolute atomic E-state index is 9.49. The van der Waals surface area contributed by atoms with Crippen LogP contribution in [0.1, 0.15) is 55.4 Å². The number of aliphatic carboxylic acids is 8. The normalized spacial score (nSPS) is 7.50. The first-order valence-electron chi connectivity index (χ1n) is 20.3. The van der Waals surface area contributed by atoms with Crippen LogP contribution in [0.15, 0.2) is 195 Å². The molecule has 0 atom stereocenters. The Kier molecular flexibility index (Phi) is 83.7. The summed E-state index contributed by atoms with van der Waals surface area (Å²) in [5.74, 6) is -7.19. The van der Waals surface area contributed by atoms with Crippen molar-refractivity contribution in [2.24, 2.45) is 0 Å². The molecule has 452 valence electrons. The van der Waals surface area contributed by atoms with Crippen LogP contribution in [0.25, 0.3) is 0 Å². The number of anilines is 4. The summed E-state index contributed by atoms with van der Waals surface area (Å²) < 4.78 is 0. The Morgan fingerprint density at radius 2 is 0.362 bits per heavy atom. The second kappa shape index (κ2) is 66.7. The average Bonchev–Trinajstić information content (AvgIpc) is 3.32. The number of carboxylic acid groups (broad SMARTS) is 8. The first-order chi connectivity index (χ1) is 34.7. The van der Waals surface area contributed by atoms with Gasteiger partial charge in [0.1, 0.15) is 23.3 Å². The van der Waals surface area contributed by atoms with E-state index in [1.807, 2.05) is 48.5 Å². The number of nitrogens with zero attached hydrogens (tertiary/aromatic N) is 4. The molecule has 0 aliphatic carbocycles. The third-order valence-electron chi connectivity index (χ3n) is 5.54. The van der Waals surface area contributed by atoms with E-state index in [1.54, 1.807) is 49.1 Å². The fourth-order valence-electron chi connectivity index (χ4n) is 1.50. The van der Waals surface area contributed by atoms with Gasteiger partial charge in [0, 0.05) is 24.8 Å². The second-order valence-electron chi connectivity index (χ2n) is 13.6. The van der Waals surface area contributed by atoms with Gasteiger partial charge in [-0.05, 0) is 149 Å². The number of rotatable bonds is 8. The predicted molar refractivity (Wildman–Crippen MR) is 273 cm³/mol. The average molecular weight is 1310 g/mol. The molecule has 0 aromatic carbocycles. The van der Waals surface area contributed by atoms with Crippen LogP contribution in [0.5, 0.6) is 0 Å². The van der Waals surface area contributed by atoms with Crippen molar-refractivity contribution >= 4 is 71.0 Å². The fraction of sp³-hybridized carbons (Fsp3) is 0.154. The zero-order valence-electron chi connectivity index (χ0n) is 44.7. The number of hydrogen-bond donors (Lipinski definition) is 4. The van der Waals surface area contributed by atoms with E-state index in [0.29, 0.717) is 23.3 Å². The smallest absolute Gasteiger partial charge is 0.545 e. The summed E-state index contributed by atoms with van der Waals surface area (Å²) in [7, 11) is 0. The van der Waals surface area contributed by atoms with Gasteiger partial charge in [0.15, 0.2) is 0 Å². The van der Waals surface area contributed by atoms with Crippen LogP contribution in [-0.4, -0.2) is 67.7 Å². The van der Waals surface area contributed by atoms with Gasteiger partial charge in [0.2, 0.25) is 0 Å². The topological polar surface area (TPSA) is 477 Å². The summed E-state index contributed by atoms with van der Waals surface area (Å²) >= 11 is 0. The summed E-state index contributed by atoms with van der Waals surface area (Å²) in [6.07, 6.45) is 6.65. The Balaban J connectivity index is -0.0000000628. The Bertz CT molecular complexity index is 1940. The van der Waals surface area contributed by atoms with Gasteiger partial charge in [-0.3, -0.25) is 0 Å². The molecule has 0 unspecified atom stereocenters. The summed E-state index contributed by atoms with van der Waals surface area (Å²) in [6, 6.07) is 21.7. The van der Waals surface area contributed by atoms with Crippen molar-refractivity contribution in [3.63, 3.8) is 0 Å². The quantitative estimate of drug-likeness (QED) is 0.102. The Morgan fingerprint density at radius 1 is 0.275 bits per heavy atom. The molecule has 0 spiro atoms. The molecule has 4 aromatic heterocycles. The van der Waals surface area contributed by atoms with E-state index in [-0.39, 0.29) is 113 Å². The fourth-order valence-corrected chi connectivity index (χ4v) is 1.50. The summed E-state index contributed by atoms with van der Waals surface area (Å²) in [4.78, 5) is 90.9. The van der Waals surface area contributed by atoms with E-state index in [9.17, 15) is 79.2 Å². The summed E-state index contributed by atoms with van der Waals surface area (Å²) in [6.45, 7) is 35.8. The van der Waals surface area contributed by atoms with E-state index in [0.717, 1.165) is 0 Å². The van der Waals surface area contributed by atoms with Crippen LogP contribution >= 0.6 is 0 Å². The van der Waals surface area contributed by atoms with Crippen molar-refractivity contribution < 1.29 is 147 Å². The maximum Gasteiger partial charge on any atom is 2.00 e. The molecule has 0 aliphatic heterocycles. The number of nitrogen functional groups attached to an aromatic ring is 4. The zero-order valence-corrected chi connectivity index (χ0v) is 48.5. The molecule has 0 saturated heterocycles. The first kappa shape index (κ1) is 100. The number of carbonyl (C=O) groups excluding carboxylic acids is 8. The molecule has 8 N–H and O–H groups in total. The minimum Gasteiger partial charge on any atom is -0.545 e. The van der Waals surface area contributed by atoms with Crippen LogP contribution in [0.4, 0.5) is 23.3 Å². The van der Waals surface area contributed by atoms with Gasteiger partial charge in [0.05, 0.1) is 47.8 Å². The summed E-state index contributed by atoms with van der Waals surface area (Å²) in [5, 5.41) is 75.9. The molecular formula is C52H64Cu4N8O16. The van der Waals surface area contributed by atoms with Gasteiger partial charge in [-0.25, -0.2) is 19.9 Å². The molecule has 24 nitrogen and oxygen atoms in total.